The highest BCUT2D eigenvalue weighted by molar-refractivity contribution is 5.43. The topological polar surface area (TPSA) is 30.5 Å². The molecule has 0 aliphatic heterocycles. The van der Waals surface area contributed by atoms with E-state index in [1.807, 2.05) is 42.5 Å². The molecule has 0 unspecified atom stereocenters. The fourth-order valence-corrected chi connectivity index (χ4v) is 2.99. The molecule has 0 aliphatic carbocycles. The lowest BCUT2D eigenvalue weighted by molar-refractivity contribution is 0.283. The molecule has 0 aliphatic rings. The highest BCUT2D eigenvalue weighted by Crippen LogP contribution is 2.29. The number of ether oxygens (including phenoxy) is 2. The average molecular weight is 379 g/mol. The molecule has 3 rings (SSSR count). The number of benzene rings is 3. The van der Waals surface area contributed by atoms with Crippen molar-refractivity contribution < 1.29 is 13.9 Å². The summed E-state index contributed by atoms with van der Waals surface area (Å²) in [5.74, 6) is 1.26. The third-order valence-corrected chi connectivity index (χ3v) is 4.71. The number of methoxy groups -OCH3 is 1. The molecule has 4 heteroatoms. The smallest absolute Gasteiger partial charge is 0.161 e. The van der Waals surface area contributed by atoms with Gasteiger partial charge in [-0.05, 0) is 66.4 Å². The number of aryl methyl sites for hydroxylation is 1. The summed E-state index contributed by atoms with van der Waals surface area (Å²) >= 11 is 0. The van der Waals surface area contributed by atoms with Crippen molar-refractivity contribution in [1.29, 1.82) is 0 Å². The van der Waals surface area contributed by atoms with Crippen molar-refractivity contribution >= 4 is 0 Å². The van der Waals surface area contributed by atoms with Gasteiger partial charge >= 0.3 is 0 Å². The second kappa shape index (κ2) is 9.90. The van der Waals surface area contributed by atoms with Gasteiger partial charge in [-0.15, -0.1) is 0 Å². The first kappa shape index (κ1) is 19.9. The van der Waals surface area contributed by atoms with E-state index in [4.69, 9.17) is 9.47 Å². The average Bonchev–Trinajstić information content (AvgIpc) is 2.72. The predicted octanol–water partition coefficient (Wildman–Crippen LogP) is 5.05. The first-order valence-corrected chi connectivity index (χ1v) is 9.45. The Bertz CT molecular complexity index is 893. The third-order valence-electron chi connectivity index (χ3n) is 4.71. The summed E-state index contributed by atoms with van der Waals surface area (Å²) in [7, 11) is 1.65. The van der Waals surface area contributed by atoms with Crippen LogP contribution < -0.4 is 14.8 Å². The summed E-state index contributed by atoms with van der Waals surface area (Å²) in [6.45, 7) is 4.14. The molecule has 0 aromatic heterocycles. The maximum Gasteiger partial charge on any atom is 0.161 e. The van der Waals surface area contributed by atoms with E-state index in [-0.39, 0.29) is 5.82 Å². The van der Waals surface area contributed by atoms with Gasteiger partial charge in [-0.25, -0.2) is 4.39 Å². The quantitative estimate of drug-likeness (QED) is 0.528. The maximum atomic E-state index is 12.9. The van der Waals surface area contributed by atoms with Crippen LogP contribution in [0.3, 0.4) is 0 Å². The van der Waals surface area contributed by atoms with Gasteiger partial charge in [0.1, 0.15) is 12.4 Å². The molecule has 0 saturated heterocycles. The zero-order valence-electron chi connectivity index (χ0n) is 16.4. The normalized spacial score (nSPS) is 10.7. The predicted molar refractivity (Wildman–Crippen MR) is 110 cm³/mol. The number of rotatable bonds is 9. The van der Waals surface area contributed by atoms with Crippen LogP contribution in [0.1, 0.15) is 22.3 Å². The summed E-state index contributed by atoms with van der Waals surface area (Å²) in [5, 5.41) is 3.41. The van der Waals surface area contributed by atoms with Gasteiger partial charge in [-0.3, -0.25) is 0 Å². The molecule has 3 aromatic rings. The molecule has 0 fully saturated rings. The van der Waals surface area contributed by atoms with Crippen LogP contribution in [0, 0.1) is 12.7 Å². The number of nitrogens with one attached hydrogen (secondary N) is 1. The highest BCUT2D eigenvalue weighted by atomic mass is 19.1. The fraction of sp³-hybridized carbons (Fsp3) is 0.250. The van der Waals surface area contributed by atoms with Crippen molar-refractivity contribution in [2.45, 2.75) is 26.5 Å². The Morgan fingerprint density at radius 3 is 2.39 bits per heavy atom. The van der Waals surface area contributed by atoms with Gasteiger partial charge in [0.05, 0.1) is 7.11 Å². The Hall–Kier alpha value is -2.85. The number of halogens is 1. The molecular formula is C24H26FNO2. The van der Waals surface area contributed by atoms with Crippen molar-refractivity contribution in [1.82, 2.24) is 5.32 Å². The SMILES string of the molecule is COc1cc(CNCCc2ccc(F)cc2)ccc1OCc1ccccc1C. The van der Waals surface area contributed by atoms with Gasteiger partial charge in [-0.2, -0.15) is 0 Å². The van der Waals surface area contributed by atoms with Crippen molar-refractivity contribution in [2.24, 2.45) is 0 Å². The van der Waals surface area contributed by atoms with Crippen LogP contribution in [-0.4, -0.2) is 13.7 Å². The summed E-state index contributed by atoms with van der Waals surface area (Å²) in [5.41, 5.74) is 4.62. The van der Waals surface area contributed by atoms with E-state index in [1.165, 1.54) is 17.7 Å². The van der Waals surface area contributed by atoms with Crippen molar-refractivity contribution in [3.05, 3.63) is 94.8 Å². The Morgan fingerprint density at radius 2 is 1.64 bits per heavy atom. The van der Waals surface area contributed by atoms with Crippen LogP contribution in [0.25, 0.3) is 0 Å². The standard InChI is InChI=1S/C24H26FNO2/c1-18-5-3-4-6-21(18)17-28-23-12-9-20(15-24(23)27-2)16-26-14-13-19-7-10-22(25)11-8-19/h3-12,15,26H,13-14,16-17H2,1-2H3. The second-order valence-electron chi connectivity index (χ2n) is 6.75. The van der Waals surface area contributed by atoms with Crippen LogP contribution in [0.2, 0.25) is 0 Å². The molecule has 0 heterocycles. The molecule has 1 N–H and O–H groups in total. The van der Waals surface area contributed by atoms with E-state index < -0.39 is 0 Å². The van der Waals surface area contributed by atoms with Crippen LogP contribution in [0.15, 0.2) is 66.7 Å². The fourth-order valence-electron chi connectivity index (χ4n) is 2.99. The van der Waals surface area contributed by atoms with E-state index in [1.54, 1.807) is 7.11 Å². The Kier molecular flexibility index (Phi) is 7.04. The number of hydrogen-bond donors (Lipinski definition) is 1. The summed E-state index contributed by atoms with van der Waals surface area (Å²) in [6.07, 6.45) is 0.856. The number of hydrogen-bond acceptors (Lipinski definition) is 3. The first-order chi connectivity index (χ1) is 13.7. The monoisotopic (exact) mass is 379 g/mol. The van der Waals surface area contributed by atoms with Crippen LogP contribution in [-0.2, 0) is 19.6 Å². The molecule has 3 nitrogen and oxygen atoms in total. The zero-order valence-corrected chi connectivity index (χ0v) is 16.4. The van der Waals surface area contributed by atoms with Gasteiger partial charge in [0.15, 0.2) is 11.5 Å². The molecule has 0 atom stereocenters. The lowest BCUT2D eigenvalue weighted by Crippen LogP contribution is -2.16. The lowest BCUT2D eigenvalue weighted by Gasteiger charge is -2.13. The van der Waals surface area contributed by atoms with Gasteiger partial charge in [0, 0.05) is 6.54 Å². The van der Waals surface area contributed by atoms with E-state index in [0.29, 0.717) is 6.61 Å². The largest absolute Gasteiger partial charge is 0.493 e. The summed E-state index contributed by atoms with van der Waals surface area (Å²) in [6, 6.07) is 20.8. The van der Waals surface area contributed by atoms with Gasteiger partial charge in [0.2, 0.25) is 0 Å². The van der Waals surface area contributed by atoms with E-state index in [0.717, 1.165) is 47.7 Å². The van der Waals surface area contributed by atoms with Crippen LogP contribution in [0.4, 0.5) is 4.39 Å². The van der Waals surface area contributed by atoms with Crippen molar-refractivity contribution in [3.8, 4) is 11.5 Å². The highest BCUT2D eigenvalue weighted by Gasteiger charge is 2.07. The maximum absolute atomic E-state index is 12.9. The zero-order chi connectivity index (χ0) is 19.8. The molecule has 28 heavy (non-hydrogen) atoms. The minimum absolute atomic E-state index is 0.200. The Labute approximate surface area is 166 Å². The first-order valence-electron chi connectivity index (χ1n) is 9.45. The van der Waals surface area contributed by atoms with Gasteiger partial charge in [-0.1, -0.05) is 42.5 Å². The van der Waals surface area contributed by atoms with Gasteiger partial charge < -0.3 is 14.8 Å². The van der Waals surface area contributed by atoms with Crippen LogP contribution >= 0.6 is 0 Å². The van der Waals surface area contributed by atoms with Crippen molar-refractivity contribution in [3.63, 3.8) is 0 Å². The molecule has 0 bridgehead atoms. The molecule has 0 radical (unpaired) electrons. The van der Waals surface area contributed by atoms with Crippen molar-refractivity contribution in [2.75, 3.05) is 13.7 Å². The molecule has 0 saturated carbocycles. The van der Waals surface area contributed by atoms with Gasteiger partial charge in [0.25, 0.3) is 0 Å². The summed E-state index contributed by atoms with van der Waals surface area (Å²) in [4.78, 5) is 0. The Morgan fingerprint density at radius 1 is 0.893 bits per heavy atom. The van der Waals surface area contributed by atoms with Crippen LogP contribution in [0.5, 0.6) is 11.5 Å². The molecular weight excluding hydrogens is 353 g/mol. The minimum atomic E-state index is -0.200. The minimum Gasteiger partial charge on any atom is -0.493 e. The van der Waals surface area contributed by atoms with E-state index >= 15 is 0 Å². The Balaban J connectivity index is 1.52. The second-order valence-corrected chi connectivity index (χ2v) is 6.75. The van der Waals surface area contributed by atoms with E-state index in [2.05, 4.69) is 24.4 Å². The molecule has 0 spiro atoms. The molecule has 3 aromatic carbocycles. The molecule has 146 valence electrons. The lowest BCUT2D eigenvalue weighted by atomic mass is 10.1. The van der Waals surface area contributed by atoms with E-state index in [9.17, 15) is 4.39 Å². The molecule has 0 amide bonds. The summed E-state index contributed by atoms with van der Waals surface area (Å²) < 4.78 is 24.4. The third kappa shape index (κ3) is 5.57.